The van der Waals surface area contributed by atoms with Crippen LogP contribution in [0.25, 0.3) is 0 Å². The smallest absolute Gasteiger partial charge is 0.265 e. The number of carbonyl (C=O) groups excluding carboxylic acids is 2. The van der Waals surface area contributed by atoms with Gasteiger partial charge in [0.15, 0.2) is 11.9 Å². The highest BCUT2D eigenvalue weighted by atomic mass is 35.5. The molecule has 0 saturated carbocycles. The van der Waals surface area contributed by atoms with Crippen LogP contribution in [0.2, 0.25) is 10.0 Å². The topological polar surface area (TPSA) is 76.7 Å². The van der Waals surface area contributed by atoms with Crippen LogP contribution in [-0.4, -0.2) is 31.6 Å². The zero-order valence-electron chi connectivity index (χ0n) is 13.8. The molecule has 1 atom stereocenters. The molecule has 2 aromatic rings. The summed E-state index contributed by atoms with van der Waals surface area (Å²) in [5.74, 6) is 0.113. The van der Waals surface area contributed by atoms with Gasteiger partial charge in [-0.1, -0.05) is 35.3 Å². The van der Waals surface area contributed by atoms with E-state index in [1.165, 1.54) is 13.2 Å². The van der Waals surface area contributed by atoms with E-state index < -0.39 is 12.0 Å². The lowest BCUT2D eigenvalue weighted by atomic mass is 10.1. The molecular weight excluding hydrogens is 379 g/mol. The standard InChI is InChI=1S/C18H16Cl2N2O4/c1-25-16-11(20)7-6-10(19)15(16)18(24)21-9-8-14-17(23)22-12-4-2-3-5-13(12)26-14/h2-7,14H,8-9H2,1H3,(H,21,24)(H,22,23). The van der Waals surface area contributed by atoms with E-state index in [9.17, 15) is 9.59 Å². The molecule has 6 nitrogen and oxygen atoms in total. The van der Waals surface area contributed by atoms with Gasteiger partial charge in [-0.25, -0.2) is 0 Å². The van der Waals surface area contributed by atoms with Crippen molar-refractivity contribution in [3.05, 3.63) is 52.0 Å². The van der Waals surface area contributed by atoms with Gasteiger partial charge in [0.2, 0.25) is 0 Å². The first-order chi connectivity index (χ1) is 12.5. The van der Waals surface area contributed by atoms with Crippen LogP contribution in [0.4, 0.5) is 5.69 Å². The van der Waals surface area contributed by atoms with Gasteiger partial charge in [-0.15, -0.1) is 0 Å². The summed E-state index contributed by atoms with van der Waals surface area (Å²) < 4.78 is 10.8. The molecule has 1 heterocycles. The number of benzene rings is 2. The molecule has 0 radical (unpaired) electrons. The van der Waals surface area contributed by atoms with Crippen LogP contribution >= 0.6 is 23.2 Å². The fraction of sp³-hybridized carbons (Fsp3) is 0.222. The average Bonchev–Trinajstić information content (AvgIpc) is 2.63. The van der Waals surface area contributed by atoms with Crippen LogP contribution in [0.15, 0.2) is 36.4 Å². The van der Waals surface area contributed by atoms with Gasteiger partial charge in [0, 0.05) is 13.0 Å². The van der Waals surface area contributed by atoms with E-state index in [-0.39, 0.29) is 33.8 Å². The molecule has 0 fully saturated rings. The van der Waals surface area contributed by atoms with E-state index in [2.05, 4.69) is 10.6 Å². The highest BCUT2D eigenvalue weighted by molar-refractivity contribution is 6.37. The van der Waals surface area contributed by atoms with Gasteiger partial charge in [-0.05, 0) is 24.3 Å². The molecule has 0 aliphatic carbocycles. The Morgan fingerprint density at radius 1 is 1.23 bits per heavy atom. The third kappa shape index (κ3) is 3.71. The van der Waals surface area contributed by atoms with Gasteiger partial charge < -0.3 is 20.1 Å². The van der Waals surface area contributed by atoms with E-state index in [1.807, 2.05) is 12.1 Å². The normalized spacial score (nSPS) is 15.5. The number of methoxy groups -OCH3 is 1. The lowest BCUT2D eigenvalue weighted by molar-refractivity contribution is -0.123. The molecule has 1 unspecified atom stereocenters. The first kappa shape index (κ1) is 18.4. The Bertz CT molecular complexity index is 857. The van der Waals surface area contributed by atoms with Crippen molar-refractivity contribution in [3.8, 4) is 11.5 Å². The maximum atomic E-state index is 12.4. The molecule has 2 N–H and O–H groups in total. The summed E-state index contributed by atoms with van der Waals surface area (Å²) in [4.78, 5) is 24.5. The Kier molecular flexibility index (Phi) is 5.54. The van der Waals surface area contributed by atoms with E-state index in [0.717, 1.165) is 0 Å². The van der Waals surface area contributed by atoms with Crippen molar-refractivity contribution in [1.29, 1.82) is 0 Å². The van der Waals surface area contributed by atoms with Crippen molar-refractivity contribution in [1.82, 2.24) is 5.32 Å². The van der Waals surface area contributed by atoms with Crippen molar-refractivity contribution in [2.24, 2.45) is 0 Å². The lowest BCUT2D eigenvalue weighted by Crippen LogP contribution is -2.39. The molecule has 3 rings (SSSR count). The monoisotopic (exact) mass is 394 g/mol. The van der Waals surface area contributed by atoms with Crippen molar-refractivity contribution in [2.75, 3.05) is 19.0 Å². The van der Waals surface area contributed by atoms with E-state index in [4.69, 9.17) is 32.7 Å². The number of ether oxygens (including phenoxy) is 2. The summed E-state index contributed by atoms with van der Waals surface area (Å²) in [7, 11) is 1.41. The number of anilines is 1. The van der Waals surface area contributed by atoms with Gasteiger partial charge in [-0.3, -0.25) is 9.59 Å². The van der Waals surface area contributed by atoms with Crippen LogP contribution in [-0.2, 0) is 4.79 Å². The van der Waals surface area contributed by atoms with Crippen LogP contribution in [0.3, 0.4) is 0 Å². The Balaban J connectivity index is 1.63. The predicted molar refractivity (Wildman–Crippen MR) is 99.5 cm³/mol. The third-order valence-corrected chi connectivity index (χ3v) is 4.50. The summed E-state index contributed by atoms with van der Waals surface area (Å²) >= 11 is 12.1. The summed E-state index contributed by atoms with van der Waals surface area (Å²) in [5.41, 5.74) is 0.786. The minimum absolute atomic E-state index is 0.154. The summed E-state index contributed by atoms with van der Waals surface area (Å²) in [6.07, 6.45) is -0.395. The second kappa shape index (κ2) is 7.85. The number of amides is 2. The number of carbonyl (C=O) groups is 2. The fourth-order valence-electron chi connectivity index (χ4n) is 2.63. The van der Waals surface area contributed by atoms with E-state index in [0.29, 0.717) is 17.9 Å². The zero-order valence-corrected chi connectivity index (χ0v) is 15.4. The number of para-hydroxylation sites is 2. The molecule has 2 aromatic carbocycles. The minimum atomic E-state index is -0.693. The first-order valence-electron chi connectivity index (χ1n) is 7.88. The lowest BCUT2D eigenvalue weighted by Gasteiger charge is -2.25. The van der Waals surface area contributed by atoms with Gasteiger partial charge in [0.1, 0.15) is 11.3 Å². The van der Waals surface area contributed by atoms with Crippen LogP contribution in [0, 0.1) is 0 Å². The van der Waals surface area contributed by atoms with Gasteiger partial charge >= 0.3 is 0 Å². The second-order valence-corrected chi connectivity index (χ2v) is 6.39. The van der Waals surface area contributed by atoms with Crippen molar-refractivity contribution >= 4 is 40.7 Å². The number of rotatable bonds is 5. The summed E-state index contributed by atoms with van der Waals surface area (Å²) in [5, 5.41) is 6.00. The minimum Gasteiger partial charge on any atom is -0.494 e. The van der Waals surface area contributed by atoms with Gasteiger partial charge in [-0.2, -0.15) is 0 Å². The zero-order chi connectivity index (χ0) is 18.7. The largest absolute Gasteiger partial charge is 0.494 e. The molecule has 1 aliphatic heterocycles. The highest BCUT2D eigenvalue weighted by Gasteiger charge is 2.27. The van der Waals surface area contributed by atoms with Crippen LogP contribution in [0.1, 0.15) is 16.8 Å². The maximum absolute atomic E-state index is 12.4. The number of halogens is 2. The Morgan fingerprint density at radius 3 is 2.73 bits per heavy atom. The van der Waals surface area contributed by atoms with Gasteiger partial charge in [0.05, 0.1) is 22.8 Å². The van der Waals surface area contributed by atoms with Crippen LogP contribution in [0.5, 0.6) is 11.5 Å². The molecular formula is C18H16Cl2N2O4. The predicted octanol–water partition coefficient (Wildman–Crippen LogP) is 3.52. The number of fused-ring (bicyclic) bond motifs is 1. The number of hydrogen-bond donors (Lipinski definition) is 2. The maximum Gasteiger partial charge on any atom is 0.265 e. The highest BCUT2D eigenvalue weighted by Crippen LogP contribution is 2.34. The van der Waals surface area contributed by atoms with Crippen molar-refractivity contribution < 1.29 is 19.1 Å². The Hall–Kier alpha value is -2.44. The molecule has 8 heteroatoms. The number of hydrogen-bond acceptors (Lipinski definition) is 4. The van der Waals surface area contributed by atoms with Crippen molar-refractivity contribution in [2.45, 2.75) is 12.5 Å². The molecule has 1 aliphatic rings. The summed E-state index contributed by atoms with van der Waals surface area (Å²) in [6.45, 7) is 0.213. The molecule has 2 amide bonds. The number of nitrogens with one attached hydrogen (secondary N) is 2. The molecule has 0 saturated heterocycles. The molecule has 0 bridgehead atoms. The van der Waals surface area contributed by atoms with E-state index in [1.54, 1.807) is 18.2 Å². The van der Waals surface area contributed by atoms with Crippen molar-refractivity contribution in [3.63, 3.8) is 0 Å². The quantitative estimate of drug-likeness (QED) is 0.812. The van der Waals surface area contributed by atoms with Crippen LogP contribution < -0.4 is 20.1 Å². The molecule has 136 valence electrons. The SMILES string of the molecule is COc1c(Cl)ccc(Cl)c1C(=O)NCCC1Oc2ccccc2NC1=O. The molecule has 0 aromatic heterocycles. The van der Waals surface area contributed by atoms with Gasteiger partial charge in [0.25, 0.3) is 11.8 Å². The summed E-state index contributed by atoms with van der Waals surface area (Å²) in [6, 6.07) is 10.2. The molecule has 26 heavy (non-hydrogen) atoms. The Labute approximate surface area is 160 Å². The average molecular weight is 395 g/mol. The fourth-order valence-corrected chi connectivity index (χ4v) is 3.10. The Morgan fingerprint density at radius 2 is 1.96 bits per heavy atom. The molecule has 0 spiro atoms. The first-order valence-corrected chi connectivity index (χ1v) is 8.63. The van der Waals surface area contributed by atoms with E-state index >= 15 is 0 Å². The third-order valence-electron chi connectivity index (χ3n) is 3.89. The second-order valence-electron chi connectivity index (χ2n) is 5.57.